The average Bonchev–Trinajstić information content (AvgIpc) is 2.14. The third kappa shape index (κ3) is 2.27. The highest BCUT2D eigenvalue weighted by atomic mass is 16.4. The zero-order valence-electron chi connectivity index (χ0n) is 8.82. The maximum absolute atomic E-state index is 10.9. The van der Waals surface area contributed by atoms with Gasteiger partial charge in [-0.15, -0.1) is 0 Å². The van der Waals surface area contributed by atoms with Crippen molar-refractivity contribution in [3.05, 3.63) is 28.8 Å². The quantitative estimate of drug-likeness (QED) is 0.697. The fraction of sp³-hybridized carbons (Fsp3) is 0.364. The van der Waals surface area contributed by atoms with Gasteiger partial charge in [-0.2, -0.15) is 0 Å². The lowest BCUT2D eigenvalue weighted by Gasteiger charge is -2.14. The van der Waals surface area contributed by atoms with Gasteiger partial charge in [0.15, 0.2) is 0 Å². The van der Waals surface area contributed by atoms with Crippen molar-refractivity contribution in [1.82, 2.24) is 0 Å². The Morgan fingerprint density at radius 1 is 1.40 bits per heavy atom. The molecular weight excluding hydrogens is 194 g/mol. The zero-order chi connectivity index (χ0) is 11.6. The normalized spacial score (nSPS) is 12.5. The predicted molar refractivity (Wildman–Crippen MR) is 57.0 cm³/mol. The minimum Gasteiger partial charge on any atom is -0.508 e. The predicted octanol–water partition coefficient (Wildman–Crippen LogP) is 1.14. The average molecular weight is 209 g/mol. The largest absolute Gasteiger partial charge is 0.508 e. The molecule has 15 heavy (non-hydrogen) atoms. The number of carbonyl (C=O) groups is 1. The van der Waals surface area contributed by atoms with Crippen molar-refractivity contribution in [3.8, 4) is 5.75 Å². The minimum atomic E-state index is -1.02. The van der Waals surface area contributed by atoms with Crippen molar-refractivity contribution >= 4 is 5.97 Å². The van der Waals surface area contributed by atoms with Crippen molar-refractivity contribution in [2.24, 2.45) is 5.73 Å². The van der Waals surface area contributed by atoms with E-state index in [1.807, 2.05) is 13.8 Å². The van der Waals surface area contributed by atoms with E-state index in [4.69, 9.17) is 10.8 Å². The van der Waals surface area contributed by atoms with Crippen LogP contribution in [0.5, 0.6) is 5.75 Å². The molecule has 4 nitrogen and oxygen atoms in total. The Balaban J connectivity index is 3.24. The van der Waals surface area contributed by atoms with Crippen LogP contribution in [0.15, 0.2) is 12.1 Å². The fourth-order valence-corrected chi connectivity index (χ4v) is 1.46. The van der Waals surface area contributed by atoms with Crippen LogP contribution in [0.1, 0.15) is 22.6 Å². The molecule has 82 valence electrons. The zero-order valence-corrected chi connectivity index (χ0v) is 8.82. The summed E-state index contributed by atoms with van der Waals surface area (Å²) in [5, 5.41) is 18.6. The van der Waals surface area contributed by atoms with Gasteiger partial charge in [-0.3, -0.25) is 4.79 Å². The number of carboxylic acid groups (broad SMARTS) is 1. The number of benzene rings is 1. The molecule has 1 aromatic rings. The van der Waals surface area contributed by atoms with Crippen molar-refractivity contribution in [2.45, 2.75) is 19.8 Å². The molecule has 4 heteroatoms. The lowest BCUT2D eigenvalue weighted by atomic mass is 9.94. The van der Waals surface area contributed by atoms with E-state index in [0.29, 0.717) is 5.56 Å². The molecule has 0 aromatic heterocycles. The highest BCUT2D eigenvalue weighted by Crippen LogP contribution is 2.28. The van der Waals surface area contributed by atoms with Crippen LogP contribution in [0.3, 0.4) is 0 Å². The van der Waals surface area contributed by atoms with Gasteiger partial charge in [0.1, 0.15) is 5.75 Å². The maximum atomic E-state index is 10.9. The Bertz CT molecular complexity index is 388. The van der Waals surface area contributed by atoms with Gasteiger partial charge in [0.2, 0.25) is 0 Å². The third-order valence-corrected chi connectivity index (χ3v) is 2.55. The van der Waals surface area contributed by atoms with E-state index in [9.17, 15) is 9.90 Å². The summed E-state index contributed by atoms with van der Waals surface area (Å²) in [6, 6.07) is 3.24. The second-order valence-corrected chi connectivity index (χ2v) is 3.62. The van der Waals surface area contributed by atoms with Crippen LogP contribution in [0.25, 0.3) is 0 Å². The Kier molecular flexibility index (Phi) is 3.31. The van der Waals surface area contributed by atoms with Gasteiger partial charge in [0.25, 0.3) is 0 Å². The van der Waals surface area contributed by atoms with Gasteiger partial charge in [0, 0.05) is 12.1 Å². The second kappa shape index (κ2) is 4.31. The van der Waals surface area contributed by atoms with Crippen LogP contribution >= 0.6 is 0 Å². The topological polar surface area (TPSA) is 83.5 Å². The van der Waals surface area contributed by atoms with E-state index in [1.54, 1.807) is 12.1 Å². The first-order valence-corrected chi connectivity index (χ1v) is 4.70. The van der Waals surface area contributed by atoms with Gasteiger partial charge in [-0.05, 0) is 31.0 Å². The van der Waals surface area contributed by atoms with Crippen LogP contribution in [0.4, 0.5) is 0 Å². The first-order valence-electron chi connectivity index (χ1n) is 4.70. The number of nitrogens with two attached hydrogens (primary N) is 1. The van der Waals surface area contributed by atoms with E-state index in [0.717, 1.165) is 11.1 Å². The molecule has 0 aliphatic carbocycles. The molecule has 0 aliphatic rings. The van der Waals surface area contributed by atoms with E-state index in [-0.39, 0.29) is 12.3 Å². The molecule has 0 fully saturated rings. The summed E-state index contributed by atoms with van der Waals surface area (Å²) in [4.78, 5) is 10.9. The molecule has 1 aromatic carbocycles. The van der Waals surface area contributed by atoms with Gasteiger partial charge in [-0.1, -0.05) is 6.07 Å². The van der Waals surface area contributed by atoms with Gasteiger partial charge >= 0.3 is 5.97 Å². The Hall–Kier alpha value is -1.55. The fourth-order valence-electron chi connectivity index (χ4n) is 1.46. The van der Waals surface area contributed by atoms with Gasteiger partial charge in [-0.25, -0.2) is 0 Å². The lowest BCUT2D eigenvalue weighted by Crippen LogP contribution is -2.21. The number of hydrogen-bond acceptors (Lipinski definition) is 3. The number of phenolic OH excluding ortho intramolecular Hbond substituents is 1. The van der Waals surface area contributed by atoms with Crippen LogP contribution in [0.2, 0.25) is 0 Å². The number of phenols is 1. The number of hydrogen-bond donors (Lipinski definition) is 3. The molecule has 1 rings (SSSR count). The summed E-state index contributed by atoms with van der Waals surface area (Å²) < 4.78 is 0. The SMILES string of the molecule is Cc1cc(O)c(C(CN)C(=O)O)cc1C. The summed E-state index contributed by atoms with van der Waals surface area (Å²) in [7, 11) is 0. The van der Waals surface area contributed by atoms with Crippen molar-refractivity contribution < 1.29 is 15.0 Å². The Labute approximate surface area is 88.3 Å². The van der Waals surface area contributed by atoms with E-state index >= 15 is 0 Å². The lowest BCUT2D eigenvalue weighted by molar-refractivity contribution is -0.138. The first-order chi connectivity index (χ1) is 6.97. The van der Waals surface area contributed by atoms with E-state index in [2.05, 4.69) is 0 Å². The molecule has 4 N–H and O–H groups in total. The molecule has 0 spiro atoms. The smallest absolute Gasteiger partial charge is 0.312 e. The number of aryl methyl sites for hydroxylation is 2. The van der Waals surface area contributed by atoms with E-state index < -0.39 is 11.9 Å². The molecule has 0 saturated carbocycles. The van der Waals surface area contributed by atoms with Crippen molar-refractivity contribution in [2.75, 3.05) is 6.54 Å². The molecule has 0 heterocycles. The molecule has 0 saturated heterocycles. The highest BCUT2D eigenvalue weighted by Gasteiger charge is 2.21. The Morgan fingerprint density at radius 3 is 2.40 bits per heavy atom. The minimum absolute atomic E-state index is 0.00375. The summed E-state index contributed by atoms with van der Waals surface area (Å²) in [6.45, 7) is 3.70. The maximum Gasteiger partial charge on any atom is 0.312 e. The molecule has 0 bridgehead atoms. The highest BCUT2D eigenvalue weighted by molar-refractivity contribution is 5.77. The molecular formula is C11H15NO3. The van der Waals surface area contributed by atoms with Gasteiger partial charge < -0.3 is 15.9 Å². The Morgan fingerprint density at radius 2 is 1.93 bits per heavy atom. The standard InChI is InChI=1S/C11H15NO3/c1-6-3-8(9(5-12)11(14)15)10(13)4-7(6)2/h3-4,9,13H,5,12H2,1-2H3,(H,14,15). The molecule has 0 amide bonds. The third-order valence-electron chi connectivity index (χ3n) is 2.55. The summed E-state index contributed by atoms with van der Waals surface area (Å²) >= 11 is 0. The van der Waals surface area contributed by atoms with Gasteiger partial charge in [0.05, 0.1) is 5.92 Å². The summed E-state index contributed by atoms with van der Waals surface area (Å²) in [5.74, 6) is -1.86. The molecule has 1 atom stereocenters. The number of carboxylic acids is 1. The first kappa shape index (κ1) is 11.5. The molecule has 1 unspecified atom stereocenters. The van der Waals surface area contributed by atoms with Crippen LogP contribution in [0, 0.1) is 13.8 Å². The van der Waals surface area contributed by atoms with Crippen molar-refractivity contribution in [3.63, 3.8) is 0 Å². The van der Waals surface area contributed by atoms with Crippen LogP contribution in [-0.4, -0.2) is 22.7 Å². The monoisotopic (exact) mass is 209 g/mol. The number of aromatic hydroxyl groups is 1. The summed E-state index contributed by atoms with van der Waals surface area (Å²) in [5.41, 5.74) is 7.63. The van der Waals surface area contributed by atoms with Crippen LogP contribution < -0.4 is 5.73 Å². The van der Waals surface area contributed by atoms with Crippen LogP contribution in [-0.2, 0) is 4.79 Å². The number of rotatable bonds is 3. The summed E-state index contributed by atoms with van der Waals surface area (Å²) in [6.07, 6.45) is 0. The molecule has 0 radical (unpaired) electrons. The second-order valence-electron chi connectivity index (χ2n) is 3.62. The van der Waals surface area contributed by atoms with Crippen molar-refractivity contribution in [1.29, 1.82) is 0 Å². The number of aliphatic carboxylic acids is 1. The molecule has 0 aliphatic heterocycles. The van der Waals surface area contributed by atoms with E-state index in [1.165, 1.54) is 0 Å².